The van der Waals surface area contributed by atoms with Crippen LogP contribution in [0.15, 0.2) is 6.07 Å². The van der Waals surface area contributed by atoms with Gasteiger partial charge in [-0.3, -0.25) is 0 Å². The van der Waals surface area contributed by atoms with Crippen LogP contribution in [0.25, 0.3) is 0 Å². The molecular weight excluding hydrogens is 258 g/mol. The lowest BCUT2D eigenvalue weighted by atomic mass is 10.1. The van der Waals surface area contributed by atoms with Gasteiger partial charge in [-0.15, -0.1) is 0 Å². The van der Waals surface area contributed by atoms with Gasteiger partial charge in [-0.2, -0.15) is 0 Å². The van der Waals surface area contributed by atoms with E-state index in [-0.39, 0.29) is 0 Å². The zero-order chi connectivity index (χ0) is 13.2. The van der Waals surface area contributed by atoms with Crippen molar-refractivity contribution in [1.82, 2.24) is 0 Å². The lowest BCUT2D eigenvalue weighted by Gasteiger charge is -2.14. The molecule has 0 saturated heterocycles. The maximum atomic E-state index is 13.5. The lowest BCUT2D eigenvalue weighted by Crippen LogP contribution is -2.15. The summed E-state index contributed by atoms with van der Waals surface area (Å²) in [6.45, 7) is 0. The quantitative estimate of drug-likeness (QED) is 0.670. The van der Waals surface area contributed by atoms with Crippen molar-refractivity contribution < 1.29 is 28.2 Å². The molecule has 4 nitrogen and oxygen atoms in total. The number of ether oxygens (including phenoxy) is 2. The summed E-state index contributed by atoms with van der Waals surface area (Å²) in [4.78, 5) is 11.1. The Kier molecular flexibility index (Phi) is 4.25. The van der Waals surface area contributed by atoms with Crippen LogP contribution in [0.1, 0.15) is 11.7 Å². The van der Waals surface area contributed by atoms with Crippen molar-refractivity contribution in [3.05, 3.63) is 28.3 Å². The van der Waals surface area contributed by atoms with E-state index >= 15 is 0 Å². The average Bonchev–Trinajstić information content (AvgIpc) is 2.33. The fraction of sp³-hybridized carbons (Fsp3) is 0.300. The number of rotatable bonds is 3. The van der Waals surface area contributed by atoms with Crippen LogP contribution < -0.4 is 4.74 Å². The Bertz CT molecular complexity index is 450. The van der Waals surface area contributed by atoms with Gasteiger partial charge in [0.1, 0.15) is 10.8 Å². The summed E-state index contributed by atoms with van der Waals surface area (Å²) in [5.74, 6) is -3.87. The summed E-state index contributed by atoms with van der Waals surface area (Å²) >= 11 is 5.32. The average molecular weight is 267 g/mol. The van der Waals surface area contributed by atoms with Crippen LogP contribution in [0.4, 0.5) is 8.78 Å². The van der Waals surface area contributed by atoms with E-state index in [1.165, 1.54) is 0 Å². The minimum absolute atomic E-state index is 0.390. The first kappa shape index (κ1) is 13.7. The first-order valence-corrected chi connectivity index (χ1v) is 4.79. The normalized spacial score (nSPS) is 12.1. The highest BCUT2D eigenvalue weighted by Crippen LogP contribution is 2.34. The van der Waals surface area contributed by atoms with Crippen molar-refractivity contribution in [3.8, 4) is 5.75 Å². The fourth-order valence-corrected chi connectivity index (χ4v) is 1.39. The zero-order valence-corrected chi connectivity index (χ0v) is 9.72. The molecule has 7 heteroatoms. The minimum Gasteiger partial charge on any atom is -0.493 e. The molecule has 0 fully saturated rings. The minimum atomic E-state index is -1.85. The highest BCUT2D eigenvalue weighted by molar-refractivity contribution is 6.31. The molecule has 1 rings (SSSR count). The van der Waals surface area contributed by atoms with Crippen LogP contribution in [-0.4, -0.2) is 25.3 Å². The summed E-state index contributed by atoms with van der Waals surface area (Å²) in [5, 5.41) is 8.73. The Morgan fingerprint density at radius 1 is 1.47 bits per heavy atom. The third-order valence-corrected chi connectivity index (χ3v) is 2.42. The molecule has 0 spiro atoms. The number of halogens is 3. The largest absolute Gasteiger partial charge is 0.493 e. The van der Waals surface area contributed by atoms with Gasteiger partial charge in [0.05, 0.1) is 14.2 Å². The Hall–Kier alpha value is -1.40. The number of carbonyl (C=O) groups excluding carboxylic acids is 1. The van der Waals surface area contributed by atoms with E-state index in [2.05, 4.69) is 9.47 Å². The van der Waals surface area contributed by atoms with Crippen molar-refractivity contribution in [1.29, 1.82) is 0 Å². The molecule has 0 saturated carbocycles. The van der Waals surface area contributed by atoms with Gasteiger partial charge >= 0.3 is 5.97 Å². The van der Waals surface area contributed by atoms with Gasteiger partial charge in [0.15, 0.2) is 17.7 Å². The van der Waals surface area contributed by atoms with Gasteiger partial charge in [-0.25, -0.2) is 13.6 Å². The van der Waals surface area contributed by atoms with Crippen molar-refractivity contribution in [3.63, 3.8) is 0 Å². The van der Waals surface area contributed by atoms with Crippen LogP contribution in [0.2, 0.25) is 5.02 Å². The van der Waals surface area contributed by atoms with E-state index in [4.69, 9.17) is 11.6 Å². The van der Waals surface area contributed by atoms with Crippen molar-refractivity contribution in [2.45, 2.75) is 6.10 Å². The summed E-state index contributed by atoms with van der Waals surface area (Å²) in [7, 11) is 2.13. The first-order chi connectivity index (χ1) is 7.93. The lowest BCUT2D eigenvalue weighted by molar-refractivity contribution is -0.150. The number of benzene rings is 1. The third-order valence-electron chi connectivity index (χ3n) is 2.07. The number of aliphatic hydroxyl groups excluding tert-OH is 1. The maximum absolute atomic E-state index is 13.5. The summed E-state index contributed by atoms with van der Waals surface area (Å²) in [5.41, 5.74) is -0.390. The molecule has 1 N–H and O–H groups in total. The van der Waals surface area contributed by atoms with E-state index in [0.29, 0.717) is 6.07 Å². The van der Waals surface area contributed by atoms with Gasteiger partial charge in [0, 0.05) is 5.56 Å². The molecule has 0 bridgehead atoms. The first-order valence-electron chi connectivity index (χ1n) is 4.41. The molecular formula is C10H9ClF2O4. The van der Waals surface area contributed by atoms with Crippen molar-refractivity contribution in [2.75, 3.05) is 14.2 Å². The van der Waals surface area contributed by atoms with E-state index in [1.807, 2.05) is 0 Å². The second kappa shape index (κ2) is 5.29. The smallest absolute Gasteiger partial charge is 0.339 e. The van der Waals surface area contributed by atoms with Crippen LogP contribution in [0, 0.1) is 11.6 Å². The van der Waals surface area contributed by atoms with Gasteiger partial charge in [0.2, 0.25) is 0 Å². The van der Waals surface area contributed by atoms with E-state index in [1.54, 1.807) is 0 Å². The van der Waals surface area contributed by atoms with Gasteiger partial charge in [0.25, 0.3) is 0 Å². The Morgan fingerprint density at radius 3 is 2.53 bits per heavy atom. The third kappa shape index (κ3) is 2.48. The molecule has 0 radical (unpaired) electrons. The molecule has 1 aromatic rings. The molecule has 0 aliphatic rings. The van der Waals surface area contributed by atoms with E-state index in [0.717, 1.165) is 14.2 Å². The second-order valence-corrected chi connectivity index (χ2v) is 3.41. The van der Waals surface area contributed by atoms with E-state index < -0.39 is 40.0 Å². The maximum Gasteiger partial charge on any atom is 0.339 e. The van der Waals surface area contributed by atoms with E-state index in [9.17, 15) is 18.7 Å². The molecule has 0 aliphatic carbocycles. The monoisotopic (exact) mass is 266 g/mol. The second-order valence-electron chi connectivity index (χ2n) is 3.03. The van der Waals surface area contributed by atoms with Gasteiger partial charge in [-0.1, -0.05) is 11.6 Å². The highest BCUT2D eigenvalue weighted by atomic mass is 35.5. The Morgan fingerprint density at radius 2 is 2.06 bits per heavy atom. The van der Waals surface area contributed by atoms with Crippen molar-refractivity contribution >= 4 is 17.6 Å². The highest BCUT2D eigenvalue weighted by Gasteiger charge is 2.27. The zero-order valence-electron chi connectivity index (χ0n) is 8.96. The molecule has 0 amide bonds. The van der Waals surface area contributed by atoms with Crippen LogP contribution >= 0.6 is 11.6 Å². The topological polar surface area (TPSA) is 55.8 Å². The standard InChI is InChI=1S/C10H9ClF2O4/c1-16-9-4(8(14)10(15)17-2)3-5(12)6(11)7(9)13/h3,8,14H,1-2H3. The molecule has 0 aromatic heterocycles. The predicted octanol–water partition coefficient (Wildman–Crippen LogP) is 1.83. The summed E-state index contributed by atoms with van der Waals surface area (Å²) < 4.78 is 35.6. The SMILES string of the molecule is COC(=O)C(O)c1cc(F)c(Cl)c(F)c1OC. The van der Waals surface area contributed by atoms with Gasteiger partial charge in [-0.05, 0) is 6.07 Å². The molecule has 17 heavy (non-hydrogen) atoms. The number of aliphatic hydroxyl groups is 1. The molecule has 94 valence electrons. The Labute approximate surface area is 101 Å². The van der Waals surface area contributed by atoms with Crippen LogP contribution in [0.3, 0.4) is 0 Å². The molecule has 0 aliphatic heterocycles. The number of methoxy groups -OCH3 is 2. The molecule has 0 heterocycles. The number of hydrogen-bond donors (Lipinski definition) is 1. The molecule has 1 atom stereocenters. The number of esters is 1. The van der Waals surface area contributed by atoms with Gasteiger partial charge < -0.3 is 14.6 Å². The van der Waals surface area contributed by atoms with Crippen LogP contribution in [0.5, 0.6) is 5.75 Å². The number of hydrogen-bond acceptors (Lipinski definition) is 4. The summed E-state index contributed by atoms with van der Waals surface area (Å²) in [6.07, 6.45) is -1.85. The molecule has 1 aromatic carbocycles. The summed E-state index contributed by atoms with van der Waals surface area (Å²) in [6, 6.07) is 0.714. The molecule has 1 unspecified atom stereocenters. The van der Waals surface area contributed by atoms with Crippen LogP contribution in [-0.2, 0) is 9.53 Å². The fourth-order valence-electron chi connectivity index (χ4n) is 1.25. The van der Waals surface area contributed by atoms with Crippen molar-refractivity contribution in [2.24, 2.45) is 0 Å². The predicted molar refractivity (Wildman–Crippen MR) is 54.9 cm³/mol. The Balaban J connectivity index is 3.37. The number of carbonyl (C=O) groups is 1.